The molecule has 154 valence electrons. The summed E-state index contributed by atoms with van der Waals surface area (Å²) in [6.45, 7) is 3.29. The summed E-state index contributed by atoms with van der Waals surface area (Å²) in [4.78, 5) is 4.34. The number of oxazole rings is 1. The van der Waals surface area contributed by atoms with Crippen molar-refractivity contribution in [3.8, 4) is 28.5 Å². The highest BCUT2D eigenvalue weighted by atomic mass is 32.2. The lowest BCUT2D eigenvalue weighted by Crippen LogP contribution is -2.33. The maximum absolute atomic E-state index is 10.7. The van der Waals surface area contributed by atoms with Gasteiger partial charge in [0, 0.05) is 35.4 Å². The summed E-state index contributed by atoms with van der Waals surface area (Å²) >= 11 is 0. The number of benzene rings is 1. The number of pyridine rings is 1. The van der Waals surface area contributed by atoms with Crippen molar-refractivity contribution >= 4 is 10.1 Å². The molecule has 0 bridgehead atoms. The van der Waals surface area contributed by atoms with Crippen LogP contribution >= 0.6 is 0 Å². The van der Waals surface area contributed by atoms with Crippen LogP contribution < -0.4 is 9.30 Å². The van der Waals surface area contributed by atoms with Gasteiger partial charge in [0.05, 0.1) is 22.9 Å². The number of unbranched alkanes of at least 4 members (excludes halogenated alkanes) is 1. The molecule has 0 spiro atoms. The monoisotopic (exact) mass is 416 g/mol. The number of rotatable bonds is 10. The van der Waals surface area contributed by atoms with Gasteiger partial charge in [0.15, 0.2) is 18.2 Å². The molecule has 2 aromatic heterocycles. The average molecular weight is 416 g/mol. The minimum absolute atomic E-state index is 0.275. The lowest BCUT2D eigenvalue weighted by Gasteiger charge is -2.05. The van der Waals surface area contributed by atoms with Crippen molar-refractivity contribution in [1.29, 1.82) is 0 Å². The van der Waals surface area contributed by atoms with Crippen LogP contribution in [0, 0.1) is 0 Å². The third-order valence-electron chi connectivity index (χ3n) is 4.36. The van der Waals surface area contributed by atoms with E-state index < -0.39 is 10.1 Å². The van der Waals surface area contributed by atoms with Crippen LogP contribution in [-0.2, 0) is 16.7 Å². The van der Waals surface area contributed by atoms with E-state index in [1.807, 2.05) is 41.0 Å². The first-order chi connectivity index (χ1) is 13.9. The second-order valence-electron chi connectivity index (χ2n) is 6.70. The molecule has 0 saturated carbocycles. The van der Waals surface area contributed by atoms with Gasteiger partial charge < -0.3 is 13.7 Å². The molecule has 0 aliphatic rings. The highest BCUT2D eigenvalue weighted by Gasteiger charge is 2.11. The molecule has 0 aliphatic carbocycles. The summed E-state index contributed by atoms with van der Waals surface area (Å²) in [6.07, 6.45) is 7.69. The van der Waals surface area contributed by atoms with E-state index in [9.17, 15) is 13.0 Å². The number of nitrogens with zero attached hydrogens (tertiary/aromatic N) is 2. The molecule has 0 saturated heterocycles. The van der Waals surface area contributed by atoms with Gasteiger partial charge in [0.1, 0.15) is 12.3 Å². The minimum Gasteiger partial charge on any atom is -0.748 e. The van der Waals surface area contributed by atoms with Crippen LogP contribution in [0.2, 0.25) is 0 Å². The number of aromatic nitrogens is 2. The maximum Gasteiger partial charge on any atom is 0.227 e. The normalized spacial score (nSPS) is 11.5. The molecule has 0 fully saturated rings. The molecule has 3 rings (SSSR count). The molecule has 7 nitrogen and oxygen atoms in total. The lowest BCUT2D eigenvalue weighted by molar-refractivity contribution is -0.696. The van der Waals surface area contributed by atoms with Crippen molar-refractivity contribution < 1.29 is 26.7 Å². The van der Waals surface area contributed by atoms with Gasteiger partial charge in [-0.05, 0) is 30.7 Å². The summed E-state index contributed by atoms with van der Waals surface area (Å²) in [5, 5.41) is 0. The largest absolute Gasteiger partial charge is 0.748 e. The van der Waals surface area contributed by atoms with Crippen LogP contribution in [0.5, 0.6) is 5.75 Å². The maximum atomic E-state index is 10.7. The second kappa shape index (κ2) is 9.67. The van der Waals surface area contributed by atoms with Gasteiger partial charge in [-0.1, -0.05) is 13.3 Å². The van der Waals surface area contributed by atoms with E-state index in [1.165, 1.54) is 0 Å². The zero-order chi connectivity index (χ0) is 20.7. The molecule has 3 aromatic rings. The first-order valence-electron chi connectivity index (χ1n) is 9.57. The Morgan fingerprint density at radius 3 is 2.45 bits per heavy atom. The number of hydrogen-bond acceptors (Lipinski definition) is 6. The molecule has 8 heteroatoms. The Labute approximate surface area is 170 Å². The molecule has 1 aromatic carbocycles. The number of hydrogen-bond donors (Lipinski definition) is 0. The van der Waals surface area contributed by atoms with E-state index in [1.54, 1.807) is 18.6 Å². The third kappa shape index (κ3) is 6.40. The Morgan fingerprint density at radius 2 is 1.79 bits per heavy atom. The molecule has 0 amide bonds. The van der Waals surface area contributed by atoms with Gasteiger partial charge in [0.25, 0.3) is 0 Å². The fraction of sp³-hybridized carbons (Fsp3) is 0.333. The molecular formula is C21H24N2O5S. The van der Waals surface area contributed by atoms with Crippen molar-refractivity contribution in [3.05, 3.63) is 55.0 Å². The molecule has 0 N–H and O–H groups in total. The van der Waals surface area contributed by atoms with Crippen LogP contribution in [0.15, 0.2) is 59.4 Å². The Bertz CT molecular complexity index is 1010. The highest BCUT2D eigenvalue weighted by molar-refractivity contribution is 7.85. The van der Waals surface area contributed by atoms with Crippen LogP contribution in [0.4, 0.5) is 0 Å². The fourth-order valence-electron chi connectivity index (χ4n) is 2.76. The van der Waals surface area contributed by atoms with Crippen LogP contribution in [0.3, 0.4) is 0 Å². The topological polar surface area (TPSA) is 96.3 Å². The van der Waals surface area contributed by atoms with Crippen LogP contribution in [0.1, 0.15) is 26.2 Å². The van der Waals surface area contributed by atoms with E-state index >= 15 is 0 Å². The molecule has 29 heavy (non-hydrogen) atoms. The van der Waals surface area contributed by atoms with E-state index in [0.29, 0.717) is 24.8 Å². The van der Waals surface area contributed by atoms with Gasteiger partial charge in [-0.3, -0.25) is 0 Å². The van der Waals surface area contributed by atoms with Gasteiger partial charge in [0.2, 0.25) is 5.89 Å². The molecule has 0 radical (unpaired) electrons. The Hall–Kier alpha value is -2.71. The number of ether oxygens (including phenoxy) is 1. The first kappa shape index (κ1) is 21.0. The van der Waals surface area contributed by atoms with Crippen molar-refractivity contribution in [3.63, 3.8) is 0 Å². The zero-order valence-corrected chi connectivity index (χ0v) is 17.1. The van der Waals surface area contributed by atoms with Crippen LogP contribution in [-0.4, -0.2) is 30.3 Å². The van der Waals surface area contributed by atoms with E-state index in [2.05, 4.69) is 11.9 Å². The van der Waals surface area contributed by atoms with Gasteiger partial charge >= 0.3 is 0 Å². The predicted octanol–water partition coefficient (Wildman–Crippen LogP) is 3.41. The number of aryl methyl sites for hydroxylation is 1. The standard InChI is InChI=1S/C21H24N2O5S/c1-2-3-14-27-19-7-5-17(6-8-19)20-16-22-21(28-20)18-9-12-23(13-10-18)11-4-15-29(24,25)26/h5-10,12-13,16H,2-4,11,14-15H2,1H3. The van der Waals surface area contributed by atoms with E-state index in [-0.39, 0.29) is 12.2 Å². The first-order valence-corrected chi connectivity index (χ1v) is 11.1. The summed E-state index contributed by atoms with van der Waals surface area (Å²) in [6, 6.07) is 11.4. The molecule has 0 aliphatic heterocycles. The Balaban J connectivity index is 1.62. The highest BCUT2D eigenvalue weighted by Crippen LogP contribution is 2.27. The van der Waals surface area contributed by atoms with Crippen molar-refractivity contribution in [2.24, 2.45) is 0 Å². The molecule has 2 heterocycles. The Morgan fingerprint density at radius 1 is 1.07 bits per heavy atom. The zero-order valence-electron chi connectivity index (χ0n) is 16.3. The van der Waals surface area contributed by atoms with Crippen molar-refractivity contribution in [1.82, 2.24) is 4.98 Å². The quantitative estimate of drug-likeness (QED) is 0.285. The third-order valence-corrected chi connectivity index (χ3v) is 5.15. The SMILES string of the molecule is CCCCOc1ccc(-c2cnc(-c3cc[n+](CCCS(=O)(=O)[O-])cc3)o2)cc1. The lowest BCUT2D eigenvalue weighted by atomic mass is 10.2. The Kier molecular flexibility index (Phi) is 7.00. The summed E-state index contributed by atoms with van der Waals surface area (Å²) in [5.74, 6) is 1.63. The van der Waals surface area contributed by atoms with Gasteiger partial charge in [-0.25, -0.2) is 18.0 Å². The average Bonchev–Trinajstić information content (AvgIpc) is 3.18. The predicted molar refractivity (Wildman–Crippen MR) is 107 cm³/mol. The van der Waals surface area contributed by atoms with Crippen LogP contribution in [0.25, 0.3) is 22.8 Å². The summed E-state index contributed by atoms with van der Waals surface area (Å²) < 4.78 is 45.4. The van der Waals surface area contributed by atoms with Gasteiger partial charge in [-0.2, -0.15) is 0 Å². The van der Waals surface area contributed by atoms with E-state index in [0.717, 1.165) is 29.7 Å². The summed E-state index contributed by atoms with van der Waals surface area (Å²) in [7, 11) is -4.17. The fourth-order valence-corrected chi connectivity index (χ4v) is 3.25. The van der Waals surface area contributed by atoms with Gasteiger partial charge in [-0.15, -0.1) is 0 Å². The smallest absolute Gasteiger partial charge is 0.227 e. The second-order valence-corrected chi connectivity index (χ2v) is 8.22. The minimum atomic E-state index is -4.17. The van der Waals surface area contributed by atoms with Crippen molar-refractivity contribution in [2.75, 3.05) is 12.4 Å². The summed E-state index contributed by atoms with van der Waals surface area (Å²) in [5.41, 5.74) is 1.72. The molecule has 0 atom stereocenters. The van der Waals surface area contributed by atoms with Crippen molar-refractivity contribution in [2.45, 2.75) is 32.7 Å². The molecule has 0 unspecified atom stereocenters. The molecular weight excluding hydrogens is 392 g/mol. The van der Waals surface area contributed by atoms with E-state index in [4.69, 9.17) is 9.15 Å².